The summed E-state index contributed by atoms with van der Waals surface area (Å²) in [4.78, 5) is 14.9. The lowest BCUT2D eigenvalue weighted by atomic mass is 10.3. The number of nitrogen functional groups attached to an aromatic ring is 1. The molecule has 0 fully saturated rings. The molecule has 5 nitrogen and oxygen atoms in total. The minimum atomic E-state index is -0.431. The minimum Gasteiger partial charge on any atom is -0.461 e. The summed E-state index contributed by atoms with van der Waals surface area (Å²) >= 11 is 0. The molecule has 0 aliphatic heterocycles. The molecule has 1 aromatic rings. The van der Waals surface area contributed by atoms with Gasteiger partial charge in [0.05, 0.1) is 12.3 Å². The highest BCUT2D eigenvalue weighted by molar-refractivity contribution is 5.88. The molecule has 1 aromatic heterocycles. The molecule has 0 bridgehead atoms. The molecule has 1 heterocycles. The molecule has 5 heteroatoms. The number of nitrogens with zero attached hydrogens (tertiary/aromatic N) is 2. The van der Waals surface area contributed by atoms with Crippen LogP contribution in [0.4, 0.5) is 0 Å². The highest BCUT2D eigenvalue weighted by atomic mass is 16.5. The number of nitrogens with two attached hydrogens (primary N) is 1. The van der Waals surface area contributed by atoms with Crippen molar-refractivity contribution >= 4 is 5.97 Å². The predicted octanol–water partition coefficient (Wildman–Crippen LogP) is 0.0820. The van der Waals surface area contributed by atoms with Crippen LogP contribution in [0.1, 0.15) is 23.1 Å². The molecular weight excluding hydrogens is 158 g/mol. The van der Waals surface area contributed by atoms with Gasteiger partial charge in [-0.1, -0.05) is 0 Å². The first-order chi connectivity index (χ1) is 5.66. The number of rotatable bonds is 2. The number of aromatic nitrogens is 2. The second kappa shape index (κ2) is 3.25. The Labute approximate surface area is 70.1 Å². The Hall–Kier alpha value is -1.52. The molecule has 0 amide bonds. The molecule has 0 aliphatic carbocycles. The van der Waals surface area contributed by atoms with Gasteiger partial charge in [0, 0.05) is 0 Å². The van der Waals surface area contributed by atoms with E-state index in [0.717, 1.165) is 0 Å². The highest BCUT2D eigenvalue weighted by Crippen LogP contribution is 2.04. The third-order valence-corrected chi connectivity index (χ3v) is 1.51. The number of esters is 1. The molecule has 0 radical (unpaired) electrons. The van der Waals surface area contributed by atoms with E-state index < -0.39 is 5.97 Å². The number of carbonyl (C=O) groups excluding carboxylic acids is 1. The van der Waals surface area contributed by atoms with Crippen molar-refractivity contribution in [3.8, 4) is 0 Å². The molecule has 66 valence electrons. The third kappa shape index (κ3) is 1.39. The molecule has 2 N–H and O–H groups in total. The lowest BCUT2D eigenvalue weighted by Gasteiger charge is -1.99. The van der Waals surface area contributed by atoms with Crippen LogP contribution >= 0.6 is 0 Å². The highest BCUT2D eigenvalue weighted by Gasteiger charge is 2.14. The van der Waals surface area contributed by atoms with E-state index in [2.05, 4.69) is 4.98 Å². The molecule has 0 spiro atoms. The van der Waals surface area contributed by atoms with Gasteiger partial charge in [0.2, 0.25) is 0 Å². The molecule has 12 heavy (non-hydrogen) atoms. The Morgan fingerprint density at radius 3 is 2.92 bits per heavy atom. The quantitative estimate of drug-likeness (QED) is 0.503. The Morgan fingerprint density at radius 1 is 1.83 bits per heavy atom. The van der Waals surface area contributed by atoms with Gasteiger partial charge in [0.1, 0.15) is 6.33 Å². The first-order valence-corrected chi connectivity index (χ1v) is 3.63. The average molecular weight is 169 g/mol. The van der Waals surface area contributed by atoms with Crippen LogP contribution < -0.4 is 5.84 Å². The Balaban J connectivity index is 2.88. The van der Waals surface area contributed by atoms with Gasteiger partial charge in [-0.2, -0.15) is 0 Å². The lowest BCUT2D eigenvalue weighted by molar-refractivity contribution is 0.0519. The van der Waals surface area contributed by atoms with Crippen LogP contribution in [-0.4, -0.2) is 22.2 Å². The summed E-state index contributed by atoms with van der Waals surface area (Å²) < 4.78 is 6.04. The average Bonchev–Trinajstić information content (AvgIpc) is 2.34. The van der Waals surface area contributed by atoms with E-state index in [-0.39, 0.29) is 5.69 Å². The zero-order chi connectivity index (χ0) is 9.14. The van der Waals surface area contributed by atoms with E-state index in [4.69, 9.17) is 10.6 Å². The molecule has 0 aliphatic rings. The molecular formula is C7H11N3O2. The maximum Gasteiger partial charge on any atom is 0.358 e. The van der Waals surface area contributed by atoms with Gasteiger partial charge < -0.3 is 10.6 Å². The van der Waals surface area contributed by atoms with E-state index in [1.165, 1.54) is 11.0 Å². The van der Waals surface area contributed by atoms with Crippen LogP contribution in [0, 0.1) is 6.92 Å². The Bertz CT molecular complexity index is 293. The van der Waals surface area contributed by atoms with Crippen LogP contribution in [0.3, 0.4) is 0 Å². The fourth-order valence-corrected chi connectivity index (χ4v) is 0.822. The second-order valence-electron chi connectivity index (χ2n) is 2.31. The van der Waals surface area contributed by atoms with Crippen molar-refractivity contribution in [3.63, 3.8) is 0 Å². The van der Waals surface area contributed by atoms with Crippen molar-refractivity contribution in [2.45, 2.75) is 13.8 Å². The van der Waals surface area contributed by atoms with Gasteiger partial charge in [-0.3, -0.25) is 4.68 Å². The van der Waals surface area contributed by atoms with Crippen LogP contribution in [-0.2, 0) is 4.74 Å². The van der Waals surface area contributed by atoms with E-state index in [9.17, 15) is 4.79 Å². The van der Waals surface area contributed by atoms with E-state index in [1.54, 1.807) is 13.8 Å². The number of hydrogen-bond acceptors (Lipinski definition) is 4. The fraction of sp³-hybridized carbons (Fsp3) is 0.429. The first kappa shape index (κ1) is 8.58. The van der Waals surface area contributed by atoms with Crippen molar-refractivity contribution in [3.05, 3.63) is 17.7 Å². The summed E-state index contributed by atoms with van der Waals surface area (Å²) in [5, 5.41) is 0. The predicted molar refractivity (Wildman–Crippen MR) is 43.1 cm³/mol. The summed E-state index contributed by atoms with van der Waals surface area (Å²) in [7, 11) is 0. The van der Waals surface area contributed by atoms with Crippen LogP contribution in [0.25, 0.3) is 0 Å². The summed E-state index contributed by atoms with van der Waals surface area (Å²) in [6.45, 7) is 3.79. The van der Waals surface area contributed by atoms with Crippen LogP contribution in [0.2, 0.25) is 0 Å². The lowest BCUT2D eigenvalue weighted by Crippen LogP contribution is -2.11. The van der Waals surface area contributed by atoms with Gasteiger partial charge in [0.15, 0.2) is 5.69 Å². The summed E-state index contributed by atoms with van der Waals surface area (Å²) in [6, 6.07) is 0. The van der Waals surface area contributed by atoms with Gasteiger partial charge in [-0.15, -0.1) is 0 Å². The zero-order valence-corrected chi connectivity index (χ0v) is 7.07. The van der Waals surface area contributed by atoms with Gasteiger partial charge in [0.25, 0.3) is 0 Å². The standard InChI is InChI=1S/C7H11N3O2/c1-3-12-7(11)6-5(2)10(8)4-9-6/h4H,3,8H2,1-2H3. The van der Waals surface area contributed by atoms with Crippen LogP contribution in [0.15, 0.2) is 6.33 Å². The molecule has 1 rings (SSSR count). The molecule has 0 saturated heterocycles. The molecule has 0 aromatic carbocycles. The number of hydrogen-bond donors (Lipinski definition) is 1. The number of ether oxygens (including phenoxy) is 1. The fourth-order valence-electron chi connectivity index (χ4n) is 0.822. The Kier molecular flexibility index (Phi) is 2.32. The molecule has 0 atom stereocenters. The maximum absolute atomic E-state index is 11.1. The third-order valence-electron chi connectivity index (χ3n) is 1.51. The van der Waals surface area contributed by atoms with Gasteiger partial charge in [-0.25, -0.2) is 9.78 Å². The summed E-state index contributed by atoms with van der Waals surface area (Å²) in [5.41, 5.74) is 0.882. The first-order valence-electron chi connectivity index (χ1n) is 3.63. The van der Waals surface area contributed by atoms with Crippen molar-refractivity contribution in [2.24, 2.45) is 0 Å². The Morgan fingerprint density at radius 2 is 2.50 bits per heavy atom. The number of carbonyl (C=O) groups is 1. The van der Waals surface area contributed by atoms with Crippen molar-refractivity contribution in [2.75, 3.05) is 12.4 Å². The van der Waals surface area contributed by atoms with Crippen molar-refractivity contribution in [1.82, 2.24) is 9.66 Å². The van der Waals surface area contributed by atoms with E-state index >= 15 is 0 Å². The SMILES string of the molecule is CCOC(=O)c1ncn(N)c1C. The monoisotopic (exact) mass is 169 g/mol. The zero-order valence-electron chi connectivity index (χ0n) is 7.07. The van der Waals surface area contributed by atoms with E-state index in [0.29, 0.717) is 12.3 Å². The topological polar surface area (TPSA) is 70.1 Å². The van der Waals surface area contributed by atoms with Gasteiger partial charge in [-0.05, 0) is 13.8 Å². The minimum absolute atomic E-state index is 0.277. The molecule has 0 saturated carbocycles. The van der Waals surface area contributed by atoms with Crippen LogP contribution in [0.5, 0.6) is 0 Å². The normalized spacial score (nSPS) is 9.83. The largest absolute Gasteiger partial charge is 0.461 e. The van der Waals surface area contributed by atoms with E-state index in [1.807, 2.05) is 0 Å². The van der Waals surface area contributed by atoms with Gasteiger partial charge >= 0.3 is 5.97 Å². The smallest absolute Gasteiger partial charge is 0.358 e. The summed E-state index contributed by atoms with van der Waals surface area (Å²) in [6.07, 6.45) is 1.38. The molecule has 0 unspecified atom stereocenters. The number of imidazole rings is 1. The van der Waals surface area contributed by atoms with Crippen molar-refractivity contribution in [1.29, 1.82) is 0 Å². The summed E-state index contributed by atoms with van der Waals surface area (Å²) in [5.74, 6) is 4.99. The maximum atomic E-state index is 11.1. The second-order valence-corrected chi connectivity index (χ2v) is 2.31. The van der Waals surface area contributed by atoms with Crippen molar-refractivity contribution < 1.29 is 9.53 Å².